The summed E-state index contributed by atoms with van der Waals surface area (Å²) < 4.78 is 0. The minimum absolute atomic E-state index is 0.693. The van der Waals surface area contributed by atoms with Crippen molar-refractivity contribution in [1.82, 2.24) is 0 Å². The smallest absolute Gasteiger partial charge is 0.0148 e. The van der Waals surface area contributed by atoms with Gasteiger partial charge in [-0.25, -0.2) is 0 Å². The Hall–Kier alpha value is -0.300. The molecule has 2 rings (SSSR count). The summed E-state index contributed by atoms with van der Waals surface area (Å²) in [6.07, 6.45) is 9.27. The zero-order valence-corrected chi connectivity index (χ0v) is 12.4. The second kappa shape index (κ2) is 6.58. The van der Waals surface area contributed by atoms with Crippen LogP contribution in [0.2, 0.25) is 0 Å². The van der Waals surface area contributed by atoms with Crippen LogP contribution in [0.5, 0.6) is 0 Å². The van der Waals surface area contributed by atoms with E-state index in [0.717, 1.165) is 5.92 Å². The molecule has 1 aromatic carbocycles. The number of alkyl halides is 1. The van der Waals surface area contributed by atoms with Crippen LogP contribution in [0.1, 0.15) is 62.5 Å². The van der Waals surface area contributed by atoms with Crippen molar-refractivity contribution in [3.05, 3.63) is 35.4 Å². The maximum absolute atomic E-state index is 3.75. The van der Waals surface area contributed by atoms with Crippen LogP contribution in [0.4, 0.5) is 0 Å². The molecule has 1 aliphatic rings. The van der Waals surface area contributed by atoms with Crippen molar-refractivity contribution in [2.24, 2.45) is 0 Å². The van der Waals surface area contributed by atoms with E-state index < -0.39 is 0 Å². The maximum Gasteiger partial charge on any atom is 0.0148 e. The minimum Gasteiger partial charge on any atom is -0.0891 e. The summed E-state index contributed by atoms with van der Waals surface area (Å²) in [5.74, 6) is 0.869. The molecule has 0 N–H and O–H groups in total. The highest BCUT2D eigenvalue weighted by Gasteiger charge is 2.18. The monoisotopic (exact) mass is 294 g/mol. The Morgan fingerprint density at radius 3 is 2.41 bits per heavy atom. The maximum atomic E-state index is 3.75. The fourth-order valence-corrected chi connectivity index (χ4v) is 3.17. The van der Waals surface area contributed by atoms with E-state index in [-0.39, 0.29) is 0 Å². The van der Waals surface area contributed by atoms with E-state index >= 15 is 0 Å². The van der Waals surface area contributed by atoms with Gasteiger partial charge in [0.2, 0.25) is 0 Å². The van der Waals surface area contributed by atoms with Gasteiger partial charge in [0, 0.05) is 4.83 Å². The van der Waals surface area contributed by atoms with Gasteiger partial charge < -0.3 is 0 Å². The number of aryl methyl sites for hydroxylation is 1. The van der Waals surface area contributed by atoms with Gasteiger partial charge in [0.15, 0.2) is 0 Å². The second-order valence-corrected chi connectivity index (χ2v) is 6.59. The van der Waals surface area contributed by atoms with E-state index in [2.05, 4.69) is 47.1 Å². The van der Waals surface area contributed by atoms with E-state index in [1.807, 2.05) is 0 Å². The molecule has 0 radical (unpaired) electrons. The first-order valence-corrected chi connectivity index (χ1v) is 7.94. The van der Waals surface area contributed by atoms with Crippen LogP contribution in [-0.2, 0) is 6.42 Å². The average Bonchev–Trinajstić information content (AvgIpc) is 2.26. The second-order valence-electron chi connectivity index (χ2n) is 5.29. The Balaban J connectivity index is 1.81. The van der Waals surface area contributed by atoms with E-state index in [4.69, 9.17) is 0 Å². The molecule has 1 aromatic rings. The number of hydrogen-bond donors (Lipinski definition) is 0. The quantitative estimate of drug-likeness (QED) is 0.612. The van der Waals surface area contributed by atoms with E-state index in [1.165, 1.54) is 50.5 Å². The summed E-state index contributed by atoms with van der Waals surface area (Å²) in [6.45, 7) is 2.25. The number of halogens is 1. The molecule has 1 fully saturated rings. The summed E-state index contributed by atoms with van der Waals surface area (Å²) in [7, 11) is 0. The van der Waals surface area contributed by atoms with Crippen LogP contribution < -0.4 is 0 Å². The van der Waals surface area contributed by atoms with Crippen LogP contribution in [0.3, 0.4) is 0 Å². The summed E-state index contributed by atoms with van der Waals surface area (Å²) >= 11 is 3.75. The van der Waals surface area contributed by atoms with Crippen LogP contribution >= 0.6 is 15.9 Å². The number of hydrogen-bond acceptors (Lipinski definition) is 0. The lowest BCUT2D eigenvalue weighted by Gasteiger charge is -2.25. The van der Waals surface area contributed by atoms with Crippen LogP contribution in [0.15, 0.2) is 24.3 Å². The van der Waals surface area contributed by atoms with Crippen molar-refractivity contribution in [2.45, 2.75) is 62.6 Å². The summed E-state index contributed by atoms with van der Waals surface area (Å²) in [5, 5.41) is 0. The Kier molecular flexibility index (Phi) is 5.09. The molecule has 0 heterocycles. The molecule has 0 amide bonds. The van der Waals surface area contributed by atoms with Gasteiger partial charge in [0.25, 0.3) is 0 Å². The fourth-order valence-electron chi connectivity index (χ4n) is 2.48. The van der Waals surface area contributed by atoms with Crippen LogP contribution in [0, 0.1) is 0 Å². The van der Waals surface area contributed by atoms with Gasteiger partial charge in [-0.15, -0.1) is 0 Å². The number of rotatable bonds is 6. The van der Waals surface area contributed by atoms with Crippen molar-refractivity contribution in [2.75, 3.05) is 0 Å². The van der Waals surface area contributed by atoms with Crippen molar-refractivity contribution in [3.8, 4) is 0 Å². The van der Waals surface area contributed by atoms with Crippen molar-refractivity contribution in [3.63, 3.8) is 0 Å². The SMILES string of the molecule is CCCC(Br)CCc1ccc(C2CCC2)cc1. The lowest BCUT2D eigenvalue weighted by atomic mass is 9.80. The largest absolute Gasteiger partial charge is 0.0891 e. The predicted molar refractivity (Wildman–Crippen MR) is 79.0 cm³/mol. The third-order valence-corrected chi connectivity index (χ3v) is 4.82. The van der Waals surface area contributed by atoms with Gasteiger partial charge in [0.05, 0.1) is 0 Å². The van der Waals surface area contributed by atoms with Gasteiger partial charge in [-0.2, -0.15) is 0 Å². The molecule has 0 aromatic heterocycles. The summed E-state index contributed by atoms with van der Waals surface area (Å²) in [4.78, 5) is 0.693. The van der Waals surface area contributed by atoms with Crippen molar-refractivity contribution < 1.29 is 0 Å². The number of benzene rings is 1. The van der Waals surface area contributed by atoms with Crippen LogP contribution in [-0.4, -0.2) is 4.83 Å². The van der Waals surface area contributed by atoms with Crippen LogP contribution in [0.25, 0.3) is 0 Å². The van der Waals surface area contributed by atoms with E-state index in [0.29, 0.717) is 4.83 Å². The van der Waals surface area contributed by atoms with Crippen molar-refractivity contribution in [1.29, 1.82) is 0 Å². The van der Waals surface area contributed by atoms with E-state index in [1.54, 1.807) is 5.56 Å². The van der Waals surface area contributed by atoms with Gasteiger partial charge in [-0.05, 0) is 49.1 Å². The third-order valence-electron chi connectivity index (χ3n) is 3.90. The molecule has 1 saturated carbocycles. The highest BCUT2D eigenvalue weighted by molar-refractivity contribution is 9.09. The molecule has 1 unspecified atom stereocenters. The fraction of sp³-hybridized carbons (Fsp3) is 0.625. The first-order chi connectivity index (χ1) is 8.29. The Labute approximate surface area is 114 Å². The molecule has 1 heteroatoms. The zero-order valence-electron chi connectivity index (χ0n) is 10.8. The Morgan fingerprint density at radius 1 is 1.18 bits per heavy atom. The lowest BCUT2D eigenvalue weighted by Crippen LogP contribution is -2.08. The Morgan fingerprint density at radius 2 is 1.88 bits per heavy atom. The summed E-state index contributed by atoms with van der Waals surface area (Å²) in [6, 6.07) is 9.36. The first-order valence-electron chi connectivity index (χ1n) is 7.02. The molecule has 0 aliphatic heterocycles. The Bertz CT molecular complexity index is 324. The molecule has 0 nitrogen and oxygen atoms in total. The molecule has 1 atom stereocenters. The molecule has 1 aliphatic carbocycles. The highest BCUT2D eigenvalue weighted by Crippen LogP contribution is 2.36. The van der Waals surface area contributed by atoms with Gasteiger partial charge in [-0.3, -0.25) is 0 Å². The predicted octanol–water partition coefficient (Wildman–Crippen LogP) is 5.45. The molecular formula is C16H23Br. The van der Waals surface area contributed by atoms with Gasteiger partial charge in [0.1, 0.15) is 0 Å². The molecule has 0 bridgehead atoms. The standard InChI is InChI=1S/C16H23Br/c1-2-4-16(17)12-9-13-7-10-15(11-8-13)14-5-3-6-14/h7-8,10-11,14,16H,2-6,9,12H2,1H3. The first kappa shape index (κ1) is 13.1. The van der Waals surface area contributed by atoms with Gasteiger partial charge in [-0.1, -0.05) is 60.0 Å². The molecular weight excluding hydrogens is 272 g/mol. The van der Waals surface area contributed by atoms with Gasteiger partial charge >= 0.3 is 0 Å². The molecule has 94 valence electrons. The lowest BCUT2D eigenvalue weighted by molar-refractivity contribution is 0.419. The highest BCUT2D eigenvalue weighted by atomic mass is 79.9. The molecule has 0 spiro atoms. The topological polar surface area (TPSA) is 0 Å². The molecule has 17 heavy (non-hydrogen) atoms. The third kappa shape index (κ3) is 3.84. The minimum atomic E-state index is 0.693. The normalized spacial score (nSPS) is 17.8. The average molecular weight is 295 g/mol. The van der Waals surface area contributed by atoms with Crippen molar-refractivity contribution >= 4 is 15.9 Å². The zero-order chi connectivity index (χ0) is 12.1. The molecule has 0 saturated heterocycles. The summed E-state index contributed by atoms with van der Waals surface area (Å²) in [5.41, 5.74) is 3.05. The van der Waals surface area contributed by atoms with E-state index in [9.17, 15) is 0 Å².